The van der Waals surface area contributed by atoms with Gasteiger partial charge in [0.1, 0.15) is 11.2 Å². The SMILES string of the molecule is c1ccc(-c2cc(-c3ccccc3)cc(N(c3ccc4c(c3)-c3c(-c5ccccc5)cccc3C43C4CC5CC(C4)CC3C5)c3ccc4c(c3)oc3ccccc34)c2)cc1. The van der Waals surface area contributed by atoms with Crippen molar-refractivity contribution in [3.8, 4) is 44.5 Å². The fraction of sp³-hybridized carbons (Fsp3) is 0.172. The van der Waals surface area contributed by atoms with Crippen molar-refractivity contribution in [2.45, 2.75) is 37.5 Å². The Balaban J connectivity index is 1.08. The Morgan fingerprint density at radius 1 is 0.383 bits per heavy atom. The number of benzene rings is 8. The van der Waals surface area contributed by atoms with E-state index in [1.807, 2.05) is 0 Å². The van der Waals surface area contributed by atoms with Gasteiger partial charge < -0.3 is 9.32 Å². The van der Waals surface area contributed by atoms with E-state index in [1.165, 1.54) is 76.6 Å². The first-order chi connectivity index (χ1) is 29.7. The third-order valence-electron chi connectivity index (χ3n) is 15.0. The minimum atomic E-state index is 0.0626. The molecule has 0 amide bonds. The summed E-state index contributed by atoms with van der Waals surface area (Å²) in [7, 11) is 0. The van der Waals surface area contributed by atoms with Crippen molar-refractivity contribution in [3.63, 3.8) is 0 Å². The van der Waals surface area contributed by atoms with Gasteiger partial charge in [-0.25, -0.2) is 0 Å². The smallest absolute Gasteiger partial charge is 0.137 e. The molecule has 0 N–H and O–H groups in total. The number of para-hydroxylation sites is 1. The molecule has 0 atom stereocenters. The first kappa shape index (κ1) is 34.2. The van der Waals surface area contributed by atoms with E-state index in [2.05, 4.69) is 193 Å². The van der Waals surface area contributed by atoms with Crippen LogP contribution in [0.25, 0.3) is 66.4 Å². The van der Waals surface area contributed by atoms with Gasteiger partial charge in [0.15, 0.2) is 0 Å². The van der Waals surface area contributed by atoms with Crippen molar-refractivity contribution in [2.24, 2.45) is 23.7 Å². The Kier molecular flexibility index (Phi) is 7.52. The van der Waals surface area contributed by atoms with Gasteiger partial charge in [0, 0.05) is 39.3 Å². The highest BCUT2D eigenvalue weighted by Crippen LogP contribution is 2.70. The zero-order valence-corrected chi connectivity index (χ0v) is 33.6. The largest absolute Gasteiger partial charge is 0.456 e. The van der Waals surface area contributed by atoms with Gasteiger partial charge in [-0.2, -0.15) is 0 Å². The number of hydrogen-bond acceptors (Lipinski definition) is 2. The molecule has 8 aromatic carbocycles. The molecule has 4 saturated carbocycles. The molecule has 2 heteroatoms. The molecule has 1 aromatic heterocycles. The molecule has 9 aromatic rings. The highest BCUT2D eigenvalue weighted by molar-refractivity contribution is 6.06. The maximum absolute atomic E-state index is 6.59. The predicted molar refractivity (Wildman–Crippen MR) is 248 cm³/mol. The summed E-state index contributed by atoms with van der Waals surface area (Å²) in [6.45, 7) is 0. The van der Waals surface area contributed by atoms with Crippen LogP contribution >= 0.6 is 0 Å². The molecule has 0 saturated heterocycles. The quantitative estimate of drug-likeness (QED) is 0.167. The molecule has 5 aliphatic carbocycles. The summed E-state index contributed by atoms with van der Waals surface area (Å²) >= 11 is 0. The molecule has 0 unspecified atom stereocenters. The summed E-state index contributed by atoms with van der Waals surface area (Å²) in [6, 6.07) is 69.9. The zero-order chi connectivity index (χ0) is 39.4. The summed E-state index contributed by atoms with van der Waals surface area (Å²) < 4.78 is 6.59. The third-order valence-corrected chi connectivity index (χ3v) is 15.0. The summed E-state index contributed by atoms with van der Waals surface area (Å²) in [5, 5.41) is 2.28. The van der Waals surface area contributed by atoms with Crippen molar-refractivity contribution in [1.29, 1.82) is 0 Å². The molecule has 0 radical (unpaired) electrons. The lowest BCUT2D eigenvalue weighted by Gasteiger charge is -2.61. The fourth-order valence-corrected chi connectivity index (χ4v) is 12.9. The molecule has 2 nitrogen and oxygen atoms in total. The molecule has 14 rings (SSSR count). The van der Waals surface area contributed by atoms with E-state index in [0.717, 1.165) is 50.8 Å². The monoisotopic (exact) mass is 771 g/mol. The van der Waals surface area contributed by atoms with Crippen LogP contribution in [0.5, 0.6) is 0 Å². The fourth-order valence-electron chi connectivity index (χ4n) is 12.9. The maximum Gasteiger partial charge on any atom is 0.137 e. The van der Waals surface area contributed by atoms with Crippen LogP contribution in [0.3, 0.4) is 0 Å². The van der Waals surface area contributed by atoms with Crippen LogP contribution in [0.15, 0.2) is 192 Å². The lowest BCUT2D eigenvalue weighted by molar-refractivity contribution is -0.0399. The number of rotatable bonds is 6. The molecule has 60 heavy (non-hydrogen) atoms. The zero-order valence-electron chi connectivity index (χ0n) is 33.6. The molecule has 4 bridgehead atoms. The number of anilines is 3. The molecule has 0 aliphatic heterocycles. The van der Waals surface area contributed by atoms with Gasteiger partial charge in [0.2, 0.25) is 0 Å². The second kappa shape index (κ2) is 13.2. The molecule has 1 spiro atoms. The second-order valence-corrected chi connectivity index (χ2v) is 18.1. The summed E-state index contributed by atoms with van der Waals surface area (Å²) in [5.74, 6) is 3.16. The van der Waals surface area contributed by atoms with Gasteiger partial charge in [-0.05, 0) is 160 Å². The van der Waals surface area contributed by atoms with E-state index in [9.17, 15) is 0 Å². The third kappa shape index (κ3) is 5.07. The van der Waals surface area contributed by atoms with Crippen molar-refractivity contribution < 1.29 is 4.42 Å². The Hall–Kier alpha value is -6.64. The summed E-state index contributed by atoms with van der Waals surface area (Å²) in [5.41, 5.74) is 18.6. The van der Waals surface area contributed by atoms with Gasteiger partial charge >= 0.3 is 0 Å². The summed E-state index contributed by atoms with van der Waals surface area (Å²) in [6.07, 6.45) is 6.90. The van der Waals surface area contributed by atoms with Crippen LogP contribution in [0.2, 0.25) is 0 Å². The van der Waals surface area contributed by atoms with Crippen LogP contribution in [0.1, 0.15) is 43.2 Å². The molecule has 5 aliphatic rings. The lowest BCUT2D eigenvalue weighted by atomic mass is 9.43. The van der Waals surface area contributed by atoms with Crippen molar-refractivity contribution in [1.82, 2.24) is 0 Å². The average molecular weight is 772 g/mol. The van der Waals surface area contributed by atoms with Crippen LogP contribution < -0.4 is 4.90 Å². The highest BCUT2D eigenvalue weighted by Gasteiger charge is 2.61. The Morgan fingerprint density at radius 2 is 0.967 bits per heavy atom. The first-order valence-corrected chi connectivity index (χ1v) is 22.0. The van der Waals surface area contributed by atoms with Crippen LogP contribution in [-0.4, -0.2) is 0 Å². The van der Waals surface area contributed by atoms with Crippen LogP contribution in [0, 0.1) is 23.7 Å². The van der Waals surface area contributed by atoms with E-state index in [0.29, 0.717) is 11.8 Å². The minimum Gasteiger partial charge on any atom is -0.456 e. The first-order valence-electron chi connectivity index (χ1n) is 22.0. The van der Waals surface area contributed by atoms with Gasteiger partial charge in [0.05, 0.1) is 0 Å². The molecule has 1 heterocycles. The van der Waals surface area contributed by atoms with Gasteiger partial charge in [-0.15, -0.1) is 0 Å². The Labute approximate surface area is 351 Å². The Morgan fingerprint density at radius 3 is 1.65 bits per heavy atom. The predicted octanol–water partition coefficient (Wildman–Crippen LogP) is 15.8. The molecule has 4 fully saturated rings. The average Bonchev–Trinajstić information content (AvgIpc) is 3.82. The van der Waals surface area contributed by atoms with E-state index in [4.69, 9.17) is 4.42 Å². The maximum atomic E-state index is 6.59. The van der Waals surface area contributed by atoms with E-state index in [1.54, 1.807) is 11.1 Å². The topological polar surface area (TPSA) is 16.4 Å². The lowest BCUT2D eigenvalue weighted by Crippen LogP contribution is -2.55. The summed E-state index contributed by atoms with van der Waals surface area (Å²) in [4.78, 5) is 2.48. The van der Waals surface area contributed by atoms with Crippen LogP contribution in [-0.2, 0) is 5.41 Å². The molecule has 288 valence electrons. The highest BCUT2D eigenvalue weighted by atomic mass is 16.3. The van der Waals surface area contributed by atoms with E-state index in [-0.39, 0.29) is 5.41 Å². The number of fused-ring (bicyclic) bond motifs is 6. The molecular formula is C58H45NO. The number of hydrogen-bond donors (Lipinski definition) is 0. The second-order valence-electron chi connectivity index (χ2n) is 18.1. The van der Waals surface area contributed by atoms with Crippen molar-refractivity contribution in [2.75, 3.05) is 4.90 Å². The van der Waals surface area contributed by atoms with Gasteiger partial charge in [0.25, 0.3) is 0 Å². The van der Waals surface area contributed by atoms with Crippen molar-refractivity contribution >= 4 is 39.0 Å². The standard InChI is InChI=1S/C58H45NO/c1-4-13-39(14-5-1)42-32-43(40-15-6-2-7-16-40)34-48(33-42)59(47-23-25-51-50-19-10-11-22-55(50)60-56(51)36-47)46-24-26-53-52(35-46)57-49(41-17-8-3-9-18-41)20-12-21-54(57)58(53)44-28-37-27-38(30-44)31-45(58)29-37/h1-26,32-38,44-45H,27-31H2. The van der Waals surface area contributed by atoms with E-state index < -0.39 is 0 Å². The minimum absolute atomic E-state index is 0.0626. The molecular weight excluding hydrogens is 727 g/mol. The van der Waals surface area contributed by atoms with Gasteiger partial charge in [-0.1, -0.05) is 133 Å². The number of nitrogens with zero attached hydrogens (tertiary/aromatic N) is 1. The number of furan rings is 1. The van der Waals surface area contributed by atoms with Crippen molar-refractivity contribution in [3.05, 3.63) is 199 Å². The Bertz CT molecular complexity index is 3020. The van der Waals surface area contributed by atoms with Crippen LogP contribution in [0.4, 0.5) is 17.1 Å². The normalized spacial score (nSPS) is 22.1. The van der Waals surface area contributed by atoms with Gasteiger partial charge in [-0.3, -0.25) is 0 Å². The van der Waals surface area contributed by atoms with E-state index >= 15 is 0 Å².